The van der Waals surface area contributed by atoms with Gasteiger partial charge in [-0.25, -0.2) is 0 Å². The van der Waals surface area contributed by atoms with Crippen LogP contribution in [0.15, 0.2) is 157 Å². The summed E-state index contributed by atoms with van der Waals surface area (Å²) in [6.07, 6.45) is -0.115. The maximum atomic E-state index is 14.3. The normalized spacial score (nSPS) is 22.1. The maximum Gasteiger partial charge on any atom is 0.467 e. The molecule has 0 saturated carbocycles. The van der Waals surface area contributed by atoms with Crippen LogP contribution in [-0.4, -0.2) is 24.0 Å². The van der Waals surface area contributed by atoms with Gasteiger partial charge in [0.05, 0.1) is 5.41 Å². The van der Waals surface area contributed by atoms with Gasteiger partial charge in [-0.2, -0.15) is 26.3 Å². The molecule has 1 nitrogen and oxygen atoms in total. The minimum Gasteiger partial charge on any atom is -0.155 e. The second kappa shape index (κ2) is 12.4. The smallest absolute Gasteiger partial charge is 0.155 e. The molecule has 10 rings (SSSR count). The summed E-state index contributed by atoms with van der Waals surface area (Å²) in [5, 5.41) is 3.98. The highest BCUT2D eigenvalue weighted by molar-refractivity contribution is 6.06. The predicted molar refractivity (Wildman–Crippen MR) is 216 cm³/mol. The number of fused-ring (bicyclic) bond motifs is 11. The molecule has 6 aromatic carbocycles. The van der Waals surface area contributed by atoms with Gasteiger partial charge in [-0.05, 0) is 114 Å². The van der Waals surface area contributed by atoms with Gasteiger partial charge in [0, 0.05) is 17.9 Å². The molecule has 0 amide bonds. The molecule has 3 unspecified atom stereocenters. The minimum absolute atomic E-state index is 0.0152. The SMILES string of the molecule is Cc1cc2ccccc2c2c1C(C)(CCN(C(F)(F)F)C(F)(F)F)c1c-2ccc2c1C(c1ccccc1)(c1ccc3ccccc3c1)C1=C2C2CC=CC=C2C=C1. The van der Waals surface area contributed by atoms with Crippen LogP contribution < -0.4 is 0 Å². The van der Waals surface area contributed by atoms with Crippen molar-refractivity contribution in [1.82, 2.24) is 4.90 Å². The summed E-state index contributed by atoms with van der Waals surface area (Å²) in [6.45, 7) is 2.55. The van der Waals surface area contributed by atoms with E-state index in [0.717, 1.165) is 89.2 Å². The number of nitrogens with zero attached hydrogens (tertiary/aromatic N) is 1. The van der Waals surface area contributed by atoms with Gasteiger partial charge in [0.25, 0.3) is 0 Å². The molecule has 0 heterocycles. The van der Waals surface area contributed by atoms with Gasteiger partial charge in [0.15, 0.2) is 0 Å². The van der Waals surface area contributed by atoms with Crippen molar-refractivity contribution in [2.24, 2.45) is 5.92 Å². The van der Waals surface area contributed by atoms with Crippen LogP contribution in [0.25, 0.3) is 38.2 Å². The highest BCUT2D eigenvalue weighted by Gasteiger charge is 2.58. The number of alkyl halides is 6. The predicted octanol–water partition coefficient (Wildman–Crippen LogP) is 13.5. The third-order valence-electron chi connectivity index (χ3n) is 13.0. The molecule has 0 radical (unpaired) electrons. The van der Waals surface area contributed by atoms with Crippen molar-refractivity contribution < 1.29 is 26.3 Å². The Bertz CT molecular complexity index is 2770. The Labute approximate surface area is 327 Å². The average Bonchev–Trinajstić information content (AvgIpc) is 3.65. The first-order valence-corrected chi connectivity index (χ1v) is 19.3. The van der Waals surface area contributed by atoms with E-state index in [1.165, 1.54) is 5.57 Å². The van der Waals surface area contributed by atoms with Crippen LogP contribution >= 0.6 is 0 Å². The third-order valence-corrected chi connectivity index (χ3v) is 13.0. The Kier molecular flexibility index (Phi) is 7.79. The lowest BCUT2D eigenvalue weighted by Crippen LogP contribution is -2.49. The van der Waals surface area contributed by atoms with Crippen molar-refractivity contribution in [3.63, 3.8) is 0 Å². The molecule has 0 fully saturated rings. The van der Waals surface area contributed by atoms with E-state index in [1.54, 1.807) is 0 Å². The molecule has 284 valence electrons. The van der Waals surface area contributed by atoms with E-state index in [0.29, 0.717) is 0 Å². The molecule has 0 N–H and O–H groups in total. The molecule has 0 aliphatic heterocycles. The molecule has 0 aromatic heterocycles. The van der Waals surface area contributed by atoms with Crippen LogP contribution in [0.2, 0.25) is 0 Å². The second-order valence-electron chi connectivity index (χ2n) is 16.0. The van der Waals surface area contributed by atoms with E-state index < -0.39 is 41.3 Å². The molecule has 0 bridgehead atoms. The van der Waals surface area contributed by atoms with Gasteiger partial charge in [-0.3, -0.25) is 0 Å². The highest BCUT2D eigenvalue weighted by Crippen LogP contribution is 2.66. The average molecular weight is 766 g/mol. The Balaban J connectivity index is 1.36. The van der Waals surface area contributed by atoms with Gasteiger partial charge in [-0.15, -0.1) is 4.90 Å². The summed E-state index contributed by atoms with van der Waals surface area (Å²) in [5.74, 6) is 0.0152. The van der Waals surface area contributed by atoms with Crippen molar-refractivity contribution in [2.75, 3.05) is 6.54 Å². The molecule has 57 heavy (non-hydrogen) atoms. The second-order valence-corrected chi connectivity index (χ2v) is 16.0. The minimum atomic E-state index is -5.61. The Morgan fingerprint density at radius 3 is 2.11 bits per heavy atom. The first-order valence-electron chi connectivity index (χ1n) is 19.3. The number of hydrogen-bond donors (Lipinski definition) is 0. The Morgan fingerprint density at radius 2 is 1.35 bits per heavy atom. The van der Waals surface area contributed by atoms with E-state index in [1.807, 2.05) is 74.5 Å². The van der Waals surface area contributed by atoms with Gasteiger partial charge in [-0.1, -0.05) is 146 Å². The first-order chi connectivity index (χ1) is 27.3. The fourth-order valence-corrected chi connectivity index (χ4v) is 10.8. The van der Waals surface area contributed by atoms with Gasteiger partial charge >= 0.3 is 12.6 Å². The lowest BCUT2D eigenvalue weighted by molar-refractivity contribution is -0.373. The molecular formula is C50H37F6N. The van der Waals surface area contributed by atoms with Crippen LogP contribution in [0.5, 0.6) is 0 Å². The van der Waals surface area contributed by atoms with Gasteiger partial charge in [0.2, 0.25) is 0 Å². The lowest BCUT2D eigenvalue weighted by atomic mass is 9.61. The van der Waals surface area contributed by atoms with E-state index in [-0.39, 0.29) is 5.92 Å². The van der Waals surface area contributed by atoms with Crippen LogP contribution in [0, 0.1) is 12.8 Å². The topological polar surface area (TPSA) is 3.24 Å². The molecule has 6 aromatic rings. The first kappa shape index (κ1) is 35.7. The molecule has 4 aliphatic carbocycles. The van der Waals surface area contributed by atoms with Crippen LogP contribution in [-0.2, 0) is 10.8 Å². The summed E-state index contributed by atoms with van der Waals surface area (Å²) in [7, 11) is 0. The summed E-state index contributed by atoms with van der Waals surface area (Å²) in [6, 6.07) is 39.1. The standard InChI is InChI=1S/C50H37F6N/c1-30-28-34-15-9-11-19-38(34)43-40-24-23-39-42-37-18-10-8-13-32(37)21-25-41(42)48(35-16-4-3-5-17-35,36-22-20-31-12-6-7-14-33(31)29-36)46(39)45(40)47(2,44(30)43)26-27-57(49(51,52)53)50(54,55)56/h3-17,19-25,28-29,37H,18,26-27H2,1-2H3. The number of hydrogen-bond acceptors (Lipinski definition) is 1. The van der Waals surface area contributed by atoms with Gasteiger partial charge in [0.1, 0.15) is 0 Å². The summed E-state index contributed by atoms with van der Waals surface area (Å²) < 4.78 is 86.1. The Morgan fingerprint density at radius 1 is 0.667 bits per heavy atom. The molecular weight excluding hydrogens is 729 g/mol. The van der Waals surface area contributed by atoms with Crippen LogP contribution in [0.4, 0.5) is 26.3 Å². The quantitative estimate of drug-likeness (QED) is 0.125. The molecule has 0 spiro atoms. The number of halogens is 6. The number of allylic oxidation sites excluding steroid dienone is 8. The zero-order chi connectivity index (χ0) is 39.5. The lowest BCUT2D eigenvalue weighted by Gasteiger charge is -2.41. The Hall–Kier alpha value is -5.66. The number of aryl methyl sites for hydroxylation is 1. The molecule has 0 saturated heterocycles. The molecule has 3 atom stereocenters. The fourth-order valence-electron chi connectivity index (χ4n) is 10.8. The van der Waals surface area contributed by atoms with Crippen LogP contribution in [0.3, 0.4) is 0 Å². The zero-order valence-corrected chi connectivity index (χ0v) is 31.3. The maximum absolute atomic E-state index is 14.3. The summed E-state index contributed by atoms with van der Waals surface area (Å²) >= 11 is 0. The van der Waals surface area contributed by atoms with Crippen LogP contribution in [0.1, 0.15) is 58.7 Å². The summed E-state index contributed by atoms with van der Waals surface area (Å²) in [5.41, 5.74) is 9.17. The highest BCUT2D eigenvalue weighted by atomic mass is 19.4. The summed E-state index contributed by atoms with van der Waals surface area (Å²) in [4.78, 5) is -1.26. The third kappa shape index (κ3) is 5.07. The fraction of sp³-hybridized carbons (Fsp3) is 0.200. The zero-order valence-electron chi connectivity index (χ0n) is 31.3. The van der Waals surface area contributed by atoms with Gasteiger partial charge < -0.3 is 0 Å². The van der Waals surface area contributed by atoms with E-state index in [2.05, 4.69) is 85.0 Å². The van der Waals surface area contributed by atoms with E-state index in [9.17, 15) is 26.3 Å². The largest absolute Gasteiger partial charge is 0.467 e. The van der Waals surface area contributed by atoms with E-state index in [4.69, 9.17) is 0 Å². The molecule has 4 aliphatic rings. The van der Waals surface area contributed by atoms with Crippen molar-refractivity contribution >= 4 is 27.1 Å². The van der Waals surface area contributed by atoms with E-state index >= 15 is 0 Å². The monoisotopic (exact) mass is 765 g/mol. The van der Waals surface area contributed by atoms with Crippen molar-refractivity contribution in [1.29, 1.82) is 0 Å². The van der Waals surface area contributed by atoms with Crippen molar-refractivity contribution in [3.05, 3.63) is 196 Å². The number of rotatable bonds is 5. The van der Waals surface area contributed by atoms with Crippen molar-refractivity contribution in [3.8, 4) is 11.1 Å². The molecule has 7 heteroatoms. The van der Waals surface area contributed by atoms with Crippen molar-refractivity contribution in [2.45, 2.75) is 50.1 Å². The number of benzene rings is 6.